The molecule has 0 saturated carbocycles. The lowest BCUT2D eigenvalue weighted by Crippen LogP contribution is -2.57. The van der Waals surface area contributed by atoms with Crippen LogP contribution in [0.1, 0.15) is 19.8 Å². The number of ether oxygens (including phenoxy) is 1. The van der Waals surface area contributed by atoms with Gasteiger partial charge in [-0.25, -0.2) is 9.18 Å². The zero-order valence-electron chi connectivity index (χ0n) is 12.1. The highest BCUT2D eigenvalue weighted by atomic mass is 19.1. The maximum atomic E-state index is 13.0. The molecule has 110 valence electrons. The molecule has 0 bridgehead atoms. The molecule has 1 aromatic rings. The minimum absolute atomic E-state index is 0.262. The van der Waals surface area contributed by atoms with Crippen molar-refractivity contribution in [3.05, 3.63) is 30.1 Å². The van der Waals surface area contributed by atoms with Gasteiger partial charge in [0.05, 0.1) is 7.11 Å². The number of halogens is 1. The summed E-state index contributed by atoms with van der Waals surface area (Å²) in [7, 11) is 3.45. The van der Waals surface area contributed by atoms with E-state index in [-0.39, 0.29) is 17.8 Å². The van der Waals surface area contributed by atoms with E-state index >= 15 is 0 Å². The Morgan fingerprint density at radius 1 is 1.45 bits per heavy atom. The predicted octanol–water partition coefficient (Wildman–Crippen LogP) is 2.26. The molecule has 1 heterocycles. The maximum Gasteiger partial charge on any atom is 0.331 e. The van der Waals surface area contributed by atoms with Crippen LogP contribution in [-0.2, 0) is 9.53 Å². The summed E-state index contributed by atoms with van der Waals surface area (Å²) in [5.74, 6) is -0.554. The second-order valence-corrected chi connectivity index (χ2v) is 5.49. The van der Waals surface area contributed by atoms with Crippen molar-refractivity contribution in [3.8, 4) is 0 Å². The summed E-state index contributed by atoms with van der Waals surface area (Å²) < 4.78 is 18.0. The second kappa shape index (κ2) is 5.79. The third-order valence-electron chi connectivity index (χ3n) is 4.09. The van der Waals surface area contributed by atoms with E-state index in [4.69, 9.17) is 4.74 Å². The fourth-order valence-corrected chi connectivity index (χ4v) is 2.70. The number of rotatable bonds is 3. The first-order valence-corrected chi connectivity index (χ1v) is 6.79. The average molecular weight is 280 g/mol. The van der Waals surface area contributed by atoms with Crippen LogP contribution < -0.4 is 5.32 Å². The molecule has 0 amide bonds. The Balaban J connectivity index is 2.24. The number of hydrogen-bond donors (Lipinski definition) is 1. The number of methoxy groups -OCH3 is 1. The first-order valence-electron chi connectivity index (χ1n) is 6.79. The van der Waals surface area contributed by atoms with Crippen LogP contribution in [0.3, 0.4) is 0 Å². The zero-order chi connectivity index (χ0) is 14.8. The van der Waals surface area contributed by atoms with Gasteiger partial charge in [-0.3, -0.25) is 0 Å². The lowest BCUT2D eigenvalue weighted by atomic mass is 9.83. The van der Waals surface area contributed by atoms with E-state index in [1.165, 1.54) is 19.2 Å². The van der Waals surface area contributed by atoms with Gasteiger partial charge >= 0.3 is 5.97 Å². The number of nitrogens with one attached hydrogen (secondary N) is 1. The highest BCUT2D eigenvalue weighted by Gasteiger charge is 2.44. The van der Waals surface area contributed by atoms with Crippen LogP contribution in [0.15, 0.2) is 24.3 Å². The van der Waals surface area contributed by atoms with Gasteiger partial charge in [-0.2, -0.15) is 0 Å². The number of carbonyl (C=O) groups is 1. The average Bonchev–Trinajstić information content (AvgIpc) is 2.44. The minimum Gasteiger partial charge on any atom is -0.467 e. The van der Waals surface area contributed by atoms with Gasteiger partial charge < -0.3 is 15.0 Å². The summed E-state index contributed by atoms with van der Waals surface area (Å²) in [5.41, 5.74) is -0.00745. The quantitative estimate of drug-likeness (QED) is 0.862. The first-order chi connectivity index (χ1) is 9.47. The topological polar surface area (TPSA) is 41.6 Å². The summed E-state index contributed by atoms with van der Waals surface area (Å²) in [5, 5.41) is 3.26. The van der Waals surface area contributed by atoms with Crippen LogP contribution in [-0.4, -0.2) is 43.2 Å². The Morgan fingerprint density at radius 2 is 2.10 bits per heavy atom. The molecule has 0 spiro atoms. The van der Waals surface area contributed by atoms with E-state index < -0.39 is 5.54 Å². The van der Waals surface area contributed by atoms with E-state index in [1.807, 2.05) is 7.05 Å². The number of hydrogen-bond acceptors (Lipinski definition) is 4. The molecule has 0 radical (unpaired) electrons. The number of likely N-dealkylation sites (tertiary alicyclic amines) is 1. The van der Waals surface area contributed by atoms with Gasteiger partial charge in [0.15, 0.2) is 0 Å². The molecule has 1 aliphatic heterocycles. The predicted molar refractivity (Wildman–Crippen MR) is 76.1 cm³/mol. The number of nitrogens with zero attached hydrogens (tertiary/aromatic N) is 1. The third-order valence-corrected chi connectivity index (χ3v) is 4.09. The Morgan fingerprint density at radius 3 is 2.65 bits per heavy atom. The Labute approximate surface area is 118 Å². The van der Waals surface area contributed by atoms with Crippen molar-refractivity contribution in [1.82, 2.24) is 4.90 Å². The lowest BCUT2D eigenvalue weighted by molar-refractivity contribution is -0.148. The van der Waals surface area contributed by atoms with Crippen LogP contribution in [0.25, 0.3) is 0 Å². The van der Waals surface area contributed by atoms with Gasteiger partial charge in [0.2, 0.25) is 0 Å². The van der Waals surface area contributed by atoms with Crippen molar-refractivity contribution in [3.63, 3.8) is 0 Å². The van der Waals surface area contributed by atoms with Gasteiger partial charge in [-0.1, -0.05) is 0 Å². The second-order valence-electron chi connectivity index (χ2n) is 5.49. The summed E-state index contributed by atoms with van der Waals surface area (Å²) in [6.45, 7) is 2.90. The molecule has 1 aliphatic rings. The largest absolute Gasteiger partial charge is 0.467 e. The summed E-state index contributed by atoms with van der Waals surface area (Å²) in [4.78, 5) is 14.5. The molecule has 5 heteroatoms. The van der Waals surface area contributed by atoms with Crippen LogP contribution in [0, 0.1) is 5.82 Å². The van der Waals surface area contributed by atoms with Crippen molar-refractivity contribution < 1.29 is 13.9 Å². The summed E-state index contributed by atoms with van der Waals surface area (Å²) >= 11 is 0. The van der Waals surface area contributed by atoms with Gasteiger partial charge in [0.25, 0.3) is 0 Å². The molecule has 4 nitrogen and oxygen atoms in total. The molecular formula is C15H21FN2O2. The van der Waals surface area contributed by atoms with Crippen molar-refractivity contribution in [2.24, 2.45) is 0 Å². The zero-order valence-corrected chi connectivity index (χ0v) is 12.1. The van der Waals surface area contributed by atoms with Crippen molar-refractivity contribution in [1.29, 1.82) is 0 Å². The molecule has 0 aliphatic carbocycles. The molecule has 0 aromatic heterocycles. The van der Waals surface area contributed by atoms with E-state index in [2.05, 4.69) is 17.1 Å². The molecule has 20 heavy (non-hydrogen) atoms. The molecule has 2 rings (SSSR count). The van der Waals surface area contributed by atoms with E-state index in [1.54, 1.807) is 12.1 Å². The van der Waals surface area contributed by atoms with E-state index in [0.717, 1.165) is 12.2 Å². The third kappa shape index (κ3) is 2.93. The van der Waals surface area contributed by atoms with Crippen LogP contribution in [0.4, 0.5) is 10.1 Å². The first kappa shape index (κ1) is 14.8. The Bertz CT molecular complexity index is 477. The lowest BCUT2D eigenvalue weighted by Gasteiger charge is -2.43. The van der Waals surface area contributed by atoms with Crippen LogP contribution in [0.5, 0.6) is 0 Å². The van der Waals surface area contributed by atoms with Gasteiger partial charge in [-0.15, -0.1) is 0 Å². The smallest absolute Gasteiger partial charge is 0.331 e. The molecule has 1 N–H and O–H groups in total. The molecule has 2 unspecified atom stereocenters. The van der Waals surface area contributed by atoms with Crippen molar-refractivity contribution in [2.75, 3.05) is 26.0 Å². The van der Waals surface area contributed by atoms with E-state index in [0.29, 0.717) is 12.8 Å². The SMILES string of the molecule is COC(=O)C1(Nc2ccc(F)cc2)CCN(C)C(C)C1. The van der Waals surface area contributed by atoms with Crippen molar-refractivity contribution in [2.45, 2.75) is 31.3 Å². The van der Waals surface area contributed by atoms with E-state index in [9.17, 15) is 9.18 Å². The number of esters is 1. The number of benzene rings is 1. The summed E-state index contributed by atoms with van der Waals surface area (Å²) in [6, 6.07) is 6.32. The highest BCUT2D eigenvalue weighted by Crippen LogP contribution is 2.31. The molecule has 2 atom stereocenters. The van der Waals surface area contributed by atoms with Gasteiger partial charge in [0, 0.05) is 18.3 Å². The Kier molecular flexibility index (Phi) is 4.28. The Hall–Kier alpha value is -1.62. The highest BCUT2D eigenvalue weighted by molar-refractivity contribution is 5.84. The molecule has 1 saturated heterocycles. The van der Waals surface area contributed by atoms with Gasteiger partial charge in [-0.05, 0) is 51.1 Å². The normalized spacial score (nSPS) is 27.1. The standard InChI is InChI=1S/C15H21FN2O2/c1-11-10-15(14(19)20-3,8-9-18(11)2)17-13-6-4-12(16)5-7-13/h4-7,11,17H,8-10H2,1-3H3. The fraction of sp³-hybridized carbons (Fsp3) is 0.533. The van der Waals surface area contributed by atoms with Gasteiger partial charge in [0.1, 0.15) is 11.4 Å². The van der Waals surface area contributed by atoms with Crippen molar-refractivity contribution >= 4 is 11.7 Å². The molecular weight excluding hydrogens is 259 g/mol. The fourth-order valence-electron chi connectivity index (χ4n) is 2.70. The number of carbonyl (C=O) groups excluding carboxylic acids is 1. The number of anilines is 1. The molecule has 1 fully saturated rings. The van der Waals surface area contributed by atoms with Crippen LogP contribution >= 0.6 is 0 Å². The summed E-state index contributed by atoms with van der Waals surface area (Å²) in [6.07, 6.45) is 1.32. The number of piperidine rings is 1. The maximum absolute atomic E-state index is 13.0. The molecule has 1 aromatic carbocycles. The minimum atomic E-state index is -0.738. The van der Waals surface area contributed by atoms with Crippen LogP contribution in [0.2, 0.25) is 0 Å². The monoisotopic (exact) mass is 280 g/mol.